The summed E-state index contributed by atoms with van der Waals surface area (Å²) >= 11 is 1.44. The number of nitrogens with one attached hydrogen (secondary N) is 1. The number of ether oxygens (including phenoxy) is 1. The molecule has 3 aromatic rings. The van der Waals surface area contributed by atoms with Crippen LogP contribution in [0.4, 0.5) is 5.69 Å². The van der Waals surface area contributed by atoms with Crippen LogP contribution in [0.3, 0.4) is 0 Å². The number of aromatic amines is 1. The van der Waals surface area contributed by atoms with Crippen LogP contribution in [0.25, 0.3) is 17.3 Å². The van der Waals surface area contributed by atoms with E-state index in [0.717, 1.165) is 17.1 Å². The summed E-state index contributed by atoms with van der Waals surface area (Å²) in [6.07, 6.45) is 3.22. The number of benzene rings is 2. The van der Waals surface area contributed by atoms with E-state index in [4.69, 9.17) is 4.74 Å². The molecule has 0 bridgehead atoms. The van der Waals surface area contributed by atoms with Crippen molar-refractivity contribution in [3.8, 4) is 17.0 Å². The first kappa shape index (κ1) is 20.9. The quantitative estimate of drug-likeness (QED) is 0.491. The van der Waals surface area contributed by atoms with Crippen LogP contribution < -0.4 is 19.9 Å². The number of aromatic nitrogens is 3. The molecule has 8 heteroatoms. The van der Waals surface area contributed by atoms with Crippen molar-refractivity contribution in [2.24, 2.45) is 0 Å². The fraction of sp³-hybridized carbons (Fsp3) is 0.217. The second-order valence-electron chi connectivity index (χ2n) is 6.94. The minimum absolute atomic E-state index is 0.137. The first-order chi connectivity index (χ1) is 15.0. The Labute approximate surface area is 184 Å². The third kappa shape index (κ3) is 3.98. The zero-order valence-corrected chi connectivity index (χ0v) is 18.3. The van der Waals surface area contributed by atoms with Gasteiger partial charge in [0.05, 0.1) is 18.4 Å². The molecule has 0 fully saturated rings. The van der Waals surface area contributed by atoms with Gasteiger partial charge in [0.15, 0.2) is 0 Å². The average Bonchev–Trinajstić information content (AvgIpc) is 2.77. The van der Waals surface area contributed by atoms with Gasteiger partial charge in [-0.25, -0.2) is 4.90 Å². The topological polar surface area (TPSA) is 79.2 Å². The molecule has 0 saturated carbocycles. The number of amides is 1. The summed E-state index contributed by atoms with van der Waals surface area (Å²) in [6, 6.07) is 15.0. The Hall–Kier alpha value is -3.39. The summed E-state index contributed by atoms with van der Waals surface area (Å²) in [7, 11) is 1.62. The largest absolute Gasteiger partial charge is 0.497 e. The number of carbonyl (C=O) groups is 1. The number of carbonyl (C=O) groups excluding carboxylic acids is 1. The van der Waals surface area contributed by atoms with Crippen molar-refractivity contribution in [2.45, 2.75) is 25.2 Å². The van der Waals surface area contributed by atoms with Gasteiger partial charge in [-0.3, -0.25) is 14.6 Å². The monoisotopic (exact) mass is 435 g/mol. The molecule has 0 radical (unpaired) electrons. The highest BCUT2D eigenvalue weighted by Gasteiger charge is 2.42. The van der Waals surface area contributed by atoms with E-state index in [1.54, 1.807) is 16.7 Å². The molecule has 1 amide bonds. The molecular formula is C23H23N4O3S+. The van der Waals surface area contributed by atoms with Crippen molar-refractivity contribution in [1.82, 2.24) is 10.1 Å². The van der Waals surface area contributed by atoms with Gasteiger partial charge in [-0.15, -0.1) is 0 Å². The Morgan fingerprint density at radius 2 is 2.00 bits per heavy atom. The highest BCUT2D eigenvalue weighted by Crippen LogP contribution is 2.35. The number of hydrogen-bond acceptors (Lipinski definition) is 5. The predicted octanol–water partition coefficient (Wildman–Crippen LogP) is 3.42. The second kappa shape index (κ2) is 8.77. The van der Waals surface area contributed by atoms with Gasteiger partial charge >= 0.3 is 11.3 Å². The zero-order valence-electron chi connectivity index (χ0n) is 17.5. The van der Waals surface area contributed by atoms with Crippen molar-refractivity contribution in [1.29, 1.82) is 0 Å². The summed E-state index contributed by atoms with van der Waals surface area (Å²) in [5.74, 6) is 1.40. The molecule has 0 spiro atoms. The van der Waals surface area contributed by atoms with Crippen LogP contribution in [0.15, 0.2) is 64.6 Å². The molecule has 2 heterocycles. The van der Waals surface area contributed by atoms with E-state index < -0.39 is 6.17 Å². The Bertz CT molecular complexity index is 1200. The normalized spacial score (nSPS) is 14.9. The third-order valence-corrected chi connectivity index (χ3v) is 5.74. The van der Waals surface area contributed by atoms with Crippen molar-refractivity contribution in [3.63, 3.8) is 0 Å². The van der Waals surface area contributed by atoms with Crippen molar-refractivity contribution >= 4 is 29.4 Å². The van der Waals surface area contributed by atoms with Gasteiger partial charge in [0.25, 0.3) is 6.17 Å². The third-order valence-electron chi connectivity index (χ3n) is 4.99. The number of fused-ring (bicyclic) bond motifs is 3. The van der Waals surface area contributed by atoms with Gasteiger partial charge in [0.1, 0.15) is 5.75 Å². The molecule has 158 valence electrons. The zero-order chi connectivity index (χ0) is 22.0. The number of H-pyrrole nitrogens is 1. The van der Waals surface area contributed by atoms with Crippen molar-refractivity contribution < 1.29 is 14.2 Å². The minimum atomic E-state index is -0.581. The van der Waals surface area contributed by atoms with Crippen molar-refractivity contribution in [2.75, 3.05) is 17.8 Å². The van der Waals surface area contributed by atoms with Crippen LogP contribution >= 0.6 is 11.8 Å². The standard InChI is InChI=1S/C23H22N4O3S/c1-4-31-23-24-22(29)21-18-7-5-6-8-19(18)26(15(2)28)20(27(21)25-23)14-11-16-9-12-17(30-3)13-10-16/h5-14,20H,4H2,1-3H3/p+1/b14-11+/t20-/m0/s1. The lowest BCUT2D eigenvalue weighted by Crippen LogP contribution is -2.59. The van der Waals surface area contributed by atoms with Crippen LogP contribution in [0.5, 0.6) is 5.75 Å². The van der Waals surface area contributed by atoms with Gasteiger partial charge in [0, 0.05) is 18.1 Å². The van der Waals surface area contributed by atoms with Crippen LogP contribution in [0.2, 0.25) is 0 Å². The molecule has 0 unspecified atom stereocenters. The lowest BCUT2D eigenvalue weighted by molar-refractivity contribution is -0.761. The molecule has 2 aromatic carbocycles. The van der Waals surface area contributed by atoms with Crippen LogP contribution in [0.1, 0.15) is 25.6 Å². The van der Waals surface area contributed by atoms with E-state index in [9.17, 15) is 9.59 Å². The van der Waals surface area contributed by atoms with Crippen molar-refractivity contribution in [3.05, 3.63) is 70.5 Å². The smallest absolute Gasteiger partial charge is 0.325 e. The van der Waals surface area contributed by atoms with Gasteiger partial charge in [-0.05, 0) is 40.3 Å². The number of anilines is 1. The summed E-state index contributed by atoms with van der Waals surface area (Å²) < 4.78 is 6.85. The van der Waals surface area contributed by atoms with Crippen LogP contribution in [-0.4, -0.2) is 28.9 Å². The highest BCUT2D eigenvalue weighted by atomic mass is 32.2. The second-order valence-corrected chi connectivity index (χ2v) is 8.19. The van der Waals surface area contributed by atoms with E-state index in [0.29, 0.717) is 22.1 Å². The van der Waals surface area contributed by atoms with Crippen LogP contribution in [-0.2, 0) is 4.79 Å². The molecule has 0 saturated heterocycles. The maximum atomic E-state index is 13.0. The maximum absolute atomic E-state index is 13.0. The Morgan fingerprint density at radius 3 is 2.68 bits per heavy atom. The van der Waals surface area contributed by atoms with E-state index in [2.05, 4.69) is 10.1 Å². The first-order valence-corrected chi connectivity index (χ1v) is 10.9. The van der Waals surface area contributed by atoms with E-state index in [1.807, 2.05) is 67.6 Å². The molecule has 1 aromatic heterocycles. The molecule has 7 nitrogen and oxygen atoms in total. The SMILES string of the molecule is CCSc1n[n+]2c(c(=O)[nH]1)-c1ccccc1N(C(C)=O)[C@@H]2/C=C/c1ccc(OC)cc1. The Morgan fingerprint density at radius 1 is 1.26 bits per heavy atom. The molecule has 4 rings (SSSR count). The van der Waals surface area contributed by atoms with Gasteiger partial charge in [-0.2, -0.15) is 0 Å². The van der Waals surface area contributed by atoms with Crippen LogP contribution in [0, 0.1) is 0 Å². The number of nitrogens with zero attached hydrogens (tertiary/aromatic N) is 3. The van der Waals surface area contributed by atoms with E-state index in [-0.39, 0.29) is 11.5 Å². The number of methoxy groups -OCH3 is 1. The first-order valence-electron chi connectivity index (χ1n) is 9.94. The number of hydrogen-bond donors (Lipinski definition) is 1. The molecule has 1 atom stereocenters. The average molecular weight is 436 g/mol. The van der Waals surface area contributed by atoms with Gasteiger partial charge < -0.3 is 4.74 Å². The highest BCUT2D eigenvalue weighted by molar-refractivity contribution is 7.99. The number of rotatable bonds is 5. The van der Waals surface area contributed by atoms with E-state index in [1.165, 1.54) is 18.7 Å². The van der Waals surface area contributed by atoms with Gasteiger partial charge in [0.2, 0.25) is 11.1 Å². The minimum Gasteiger partial charge on any atom is -0.497 e. The number of thioether (sulfide) groups is 1. The van der Waals surface area contributed by atoms with E-state index >= 15 is 0 Å². The summed E-state index contributed by atoms with van der Waals surface area (Å²) in [6.45, 7) is 3.51. The fourth-order valence-electron chi connectivity index (χ4n) is 3.64. The molecular weight excluding hydrogens is 412 g/mol. The molecule has 1 aliphatic rings. The summed E-state index contributed by atoms with van der Waals surface area (Å²) in [5.41, 5.74) is 2.50. The lowest BCUT2D eigenvalue weighted by atomic mass is 10.0. The summed E-state index contributed by atoms with van der Waals surface area (Å²) in [5, 5.41) is 5.19. The molecule has 0 aliphatic carbocycles. The fourth-order valence-corrected chi connectivity index (χ4v) is 4.23. The molecule has 1 aliphatic heterocycles. The molecule has 1 N–H and O–H groups in total. The maximum Gasteiger partial charge on any atom is 0.325 e. The Kier molecular flexibility index (Phi) is 5.90. The Balaban J connectivity index is 1.89. The molecule has 31 heavy (non-hydrogen) atoms. The summed E-state index contributed by atoms with van der Waals surface area (Å²) in [4.78, 5) is 30.3. The van der Waals surface area contributed by atoms with Gasteiger partial charge in [-0.1, -0.05) is 49.0 Å². The lowest BCUT2D eigenvalue weighted by Gasteiger charge is -2.29. The predicted molar refractivity (Wildman–Crippen MR) is 121 cm³/mol. The number of para-hydroxylation sites is 1.